The molecule has 1 heteroatoms. The Morgan fingerprint density at radius 1 is 1.56 bits per heavy atom. The predicted molar refractivity (Wildman–Crippen MR) is 36.1 cm³/mol. The minimum Gasteiger partial charge on any atom is -0.213 e. The average molecular weight is 198 g/mol. The first-order chi connectivity index (χ1) is 3.84. The first kappa shape index (κ1) is 9.23. The average Bonchev–Trinajstić information content (AvgIpc) is 2.14. The SMILES string of the molecule is CC[c-]1cccc1C.[Zr]. The summed E-state index contributed by atoms with van der Waals surface area (Å²) in [6, 6.07) is 6.43. The van der Waals surface area contributed by atoms with E-state index in [1.165, 1.54) is 17.5 Å². The molecule has 0 aromatic heterocycles. The molecule has 0 radical (unpaired) electrons. The van der Waals surface area contributed by atoms with E-state index in [2.05, 4.69) is 32.0 Å². The van der Waals surface area contributed by atoms with Crippen molar-refractivity contribution in [1.29, 1.82) is 0 Å². The van der Waals surface area contributed by atoms with Gasteiger partial charge in [0.2, 0.25) is 0 Å². The molecular weight excluding hydrogens is 187 g/mol. The molecule has 0 aliphatic rings. The van der Waals surface area contributed by atoms with E-state index in [0.717, 1.165) is 0 Å². The van der Waals surface area contributed by atoms with Crippen LogP contribution < -0.4 is 0 Å². The molecule has 0 amide bonds. The van der Waals surface area contributed by atoms with Crippen LogP contribution in [0.5, 0.6) is 0 Å². The summed E-state index contributed by atoms with van der Waals surface area (Å²) in [4.78, 5) is 0. The van der Waals surface area contributed by atoms with Gasteiger partial charge < -0.3 is 0 Å². The number of hydrogen-bond acceptors (Lipinski definition) is 0. The molecule has 0 nitrogen and oxygen atoms in total. The standard InChI is InChI=1S/C8H11.Zr/c1-3-8-6-4-5-7(8)2;/h4-6H,3H2,1-2H3;/q-1;. The third kappa shape index (κ3) is 2.14. The molecule has 0 aliphatic heterocycles. The second-order valence-corrected chi connectivity index (χ2v) is 2.09. The van der Waals surface area contributed by atoms with Gasteiger partial charge in [-0.2, -0.15) is 17.2 Å². The Hall–Kier alpha value is 0.233. The molecule has 1 rings (SSSR count). The van der Waals surface area contributed by atoms with Gasteiger partial charge in [-0.15, -0.1) is 0 Å². The van der Waals surface area contributed by atoms with Crippen LogP contribution in [0.3, 0.4) is 0 Å². The van der Waals surface area contributed by atoms with Crippen LogP contribution in [-0.2, 0) is 32.6 Å². The minimum atomic E-state index is 0. The van der Waals surface area contributed by atoms with Gasteiger partial charge in [0, 0.05) is 26.2 Å². The second-order valence-electron chi connectivity index (χ2n) is 2.09. The third-order valence-corrected chi connectivity index (χ3v) is 1.53. The Balaban J connectivity index is 0.000000640. The van der Waals surface area contributed by atoms with Gasteiger partial charge in [-0.25, -0.2) is 12.1 Å². The summed E-state index contributed by atoms with van der Waals surface area (Å²) in [6.07, 6.45) is 1.17. The van der Waals surface area contributed by atoms with Crippen molar-refractivity contribution in [1.82, 2.24) is 0 Å². The van der Waals surface area contributed by atoms with Crippen LogP contribution in [0.15, 0.2) is 18.2 Å². The second kappa shape index (κ2) is 4.11. The summed E-state index contributed by atoms with van der Waals surface area (Å²) in [6.45, 7) is 4.33. The monoisotopic (exact) mass is 197 g/mol. The fraction of sp³-hybridized carbons (Fsp3) is 0.375. The van der Waals surface area contributed by atoms with E-state index < -0.39 is 0 Å². The van der Waals surface area contributed by atoms with Crippen LogP contribution in [0.1, 0.15) is 18.1 Å². The molecular formula is C8H11Zr-. The van der Waals surface area contributed by atoms with Crippen LogP contribution in [0.25, 0.3) is 0 Å². The zero-order chi connectivity index (χ0) is 5.98. The van der Waals surface area contributed by atoms with E-state index in [0.29, 0.717) is 0 Å². The van der Waals surface area contributed by atoms with Gasteiger partial charge in [0.05, 0.1) is 0 Å². The van der Waals surface area contributed by atoms with Crippen molar-refractivity contribution < 1.29 is 26.2 Å². The van der Waals surface area contributed by atoms with E-state index in [-0.39, 0.29) is 26.2 Å². The fourth-order valence-electron chi connectivity index (χ4n) is 0.944. The first-order valence-corrected chi connectivity index (χ1v) is 3.05. The third-order valence-electron chi connectivity index (χ3n) is 1.53. The van der Waals surface area contributed by atoms with Crippen molar-refractivity contribution in [3.05, 3.63) is 29.3 Å². The molecule has 0 atom stereocenters. The quantitative estimate of drug-likeness (QED) is 0.607. The molecule has 1 aromatic carbocycles. The summed E-state index contributed by atoms with van der Waals surface area (Å²) >= 11 is 0. The molecule has 1 aromatic rings. The van der Waals surface area contributed by atoms with Crippen LogP contribution in [0.2, 0.25) is 0 Å². The normalized spacial score (nSPS) is 8.67. The Labute approximate surface area is 75.8 Å². The van der Waals surface area contributed by atoms with Crippen LogP contribution in [0.4, 0.5) is 0 Å². The van der Waals surface area contributed by atoms with Crippen molar-refractivity contribution in [2.45, 2.75) is 20.3 Å². The molecule has 9 heavy (non-hydrogen) atoms. The summed E-state index contributed by atoms with van der Waals surface area (Å²) in [5.74, 6) is 0. The molecule has 0 N–H and O–H groups in total. The van der Waals surface area contributed by atoms with Gasteiger partial charge in [-0.05, 0) is 0 Å². The Kier molecular flexibility index (Phi) is 4.22. The van der Waals surface area contributed by atoms with E-state index in [9.17, 15) is 0 Å². The molecule has 0 aliphatic carbocycles. The Bertz CT molecular complexity index is 165. The topological polar surface area (TPSA) is 0 Å². The van der Waals surface area contributed by atoms with Crippen molar-refractivity contribution >= 4 is 0 Å². The maximum absolute atomic E-state index is 2.18. The van der Waals surface area contributed by atoms with E-state index in [1.807, 2.05) is 0 Å². The Morgan fingerprint density at radius 2 is 2.22 bits per heavy atom. The molecule has 0 saturated heterocycles. The summed E-state index contributed by atoms with van der Waals surface area (Å²) < 4.78 is 0. The molecule has 0 fully saturated rings. The predicted octanol–water partition coefficient (Wildman–Crippen LogP) is 2.27. The molecule has 0 heterocycles. The fourth-order valence-corrected chi connectivity index (χ4v) is 0.944. The minimum absolute atomic E-state index is 0. The first-order valence-electron chi connectivity index (χ1n) is 3.05. The summed E-state index contributed by atoms with van der Waals surface area (Å²) in [5.41, 5.74) is 2.90. The summed E-state index contributed by atoms with van der Waals surface area (Å²) in [7, 11) is 0. The maximum atomic E-state index is 2.18. The largest absolute Gasteiger partial charge is 0.213 e. The number of hydrogen-bond donors (Lipinski definition) is 0. The zero-order valence-electron chi connectivity index (χ0n) is 5.94. The van der Waals surface area contributed by atoms with Gasteiger partial charge in [-0.1, -0.05) is 20.3 Å². The van der Waals surface area contributed by atoms with Crippen molar-refractivity contribution in [2.24, 2.45) is 0 Å². The summed E-state index contributed by atoms with van der Waals surface area (Å²) in [5, 5.41) is 0. The zero-order valence-corrected chi connectivity index (χ0v) is 8.40. The van der Waals surface area contributed by atoms with E-state index in [1.54, 1.807) is 0 Å². The van der Waals surface area contributed by atoms with Crippen molar-refractivity contribution in [3.63, 3.8) is 0 Å². The molecule has 0 spiro atoms. The Morgan fingerprint density at radius 3 is 2.44 bits per heavy atom. The molecule has 0 unspecified atom stereocenters. The smallest absolute Gasteiger partial charge is 0 e. The maximum Gasteiger partial charge on any atom is 0 e. The molecule has 48 valence electrons. The van der Waals surface area contributed by atoms with Gasteiger partial charge in [0.15, 0.2) is 0 Å². The van der Waals surface area contributed by atoms with Gasteiger partial charge in [-0.3, -0.25) is 0 Å². The van der Waals surface area contributed by atoms with Gasteiger partial charge in [0.25, 0.3) is 0 Å². The van der Waals surface area contributed by atoms with Crippen LogP contribution >= 0.6 is 0 Å². The van der Waals surface area contributed by atoms with Gasteiger partial charge in [0.1, 0.15) is 0 Å². The molecule has 0 saturated carbocycles. The number of aryl methyl sites for hydroxylation is 2. The van der Waals surface area contributed by atoms with Crippen LogP contribution in [-0.4, -0.2) is 0 Å². The molecule has 0 bridgehead atoms. The van der Waals surface area contributed by atoms with Gasteiger partial charge >= 0.3 is 0 Å². The van der Waals surface area contributed by atoms with Crippen molar-refractivity contribution in [2.75, 3.05) is 0 Å². The van der Waals surface area contributed by atoms with E-state index >= 15 is 0 Å². The number of rotatable bonds is 1. The van der Waals surface area contributed by atoms with Crippen LogP contribution in [0, 0.1) is 6.92 Å². The van der Waals surface area contributed by atoms with Crippen molar-refractivity contribution in [3.8, 4) is 0 Å². The van der Waals surface area contributed by atoms with E-state index in [4.69, 9.17) is 0 Å².